The van der Waals surface area contributed by atoms with Gasteiger partial charge in [-0.15, -0.1) is 0 Å². The molecule has 1 aromatic rings. The maximum absolute atomic E-state index is 11.7. The van der Waals surface area contributed by atoms with Crippen molar-refractivity contribution < 1.29 is 14.7 Å². The molecule has 92 valence electrons. The molecule has 0 spiro atoms. The molecule has 3 N–H and O–H groups in total. The van der Waals surface area contributed by atoms with Gasteiger partial charge in [0, 0.05) is 20.0 Å². The molecule has 1 aromatic carbocycles. The molecule has 0 saturated heterocycles. The highest BCUT2D eigenvalue weighted by molar-refractivity contribution is 5.97. The minimum atomic E-state index is -0.380. The maximum Gasteiger partial charge on any atom is 0.255 e. The number of carbonyl (C=O) groups excluding carboxylic acids is 2. The monoisotopic (exact) mass is 236 g/mol. The summed E-state index contributed by atoms with van der Waals surface area (Å²) in [5.74, 6) is -0.543. The molecule has 1 rings (SSSR count). The highest BCUT2D eigenvalue weighted by Crippen LogP contribution is 2.20. The Balaban J connectivity index is 2.59. The number of rotatable bonds is 4. The van der Waals surface area contributed by atoms with Crippen LogP contribution < -0.4 is 10.6 Å². The quantitative estimate of drug-likeness (QED) is 0.715. The van der Waals surface area contributed by atoms with Crippen LogP contribution in [0.1, 0.15) is 22.3 Å². The molecule has 0 bridgehead atoms. The van der Waals surface area contributed by atoms with Crippen molar-refractivity contribution in [1.29, 1.82) is 0 Å². The Hall–Kier alpha value is -2.04. The van der Waals surface area contributed by atoms with Gasteiger partial charge in [0.1, 0.15) is 5.75 Å². The lowest BCUT2D eigenvalue weighted by atomic mass is 10.1. The average Bonchev–Trinajstić information content (AvgIpc) is 2.32. The fourth-order valence-electron chi connectivity index (χ4n) is 1.35. The molecule has 0 atom stereocenters. The number of aryl methyl sites for hydroxylation is 1. The lowest BCUT2D eigenvalue weighted by Gasteiger charge is -2.07. The Morgan fingerprint density at radius 2 is 2.06 bits per heavy atom. The van der Waals surface area contributed by atoms with Crippen LogP contribution in [0.15, 0.2) is 18.2 Å². The van der Waals surface area contributed by atoms with Gasteiger partial charge in [0.05, 0.1) is 5.56 Å². The number of hydrogen-bond donors (Lipinski definition) is 3. The first kappa shape index (κ1) is 13.0. The highest BCUT2D eigenvalue weighted by atomic mass is 16.3. The Morgan fingerprint density at radius 3 is 2.71 bits per heavy atom. The lowest BCUT2D eigenvalue weighted by Crippen LogP contribution is -2.29. The third-order valence-electron chi connectivity index (χ3n) is 2.40. The fourth-order valence-corrected chi connectivity index (χ4v) is 1.35. The minimum absolute atomic E-state index is 0.0232. The summed E-state index contributed by atoms with van der Waals surface area (Å²) in [5, 5.41) is 14.7. The molecule has 0 aliphatic heterocycles. The van der Waals surface area contributed by atoms with Crippen LogP contribution in [-0.2, 0) is 4.79 Å². The Bertz CT molecular complexity index is 430. The smallest absolute Gasteiger partial charge is 0.255 e. The summed E-state index contributed by atoms with van der Waals surface area (Å²) in [5.41, 5.74) is 0.867. The van der Waals surface area contributed by atoms with Gasteiger partial charge < -0.3 is 15.7 Å². The summed E-state index contributed by atoms with van der Waals surface area (Å²) in [7, 11) is 1.54. The summed E-state index contributed by atoms with van der Waals surface area (Å²) >= 11 is 0. The summed E-state index contributed by atoms with van der Waals surface area (Å²) < 4.78 is 0. The van der Waals surface area contributed by atoms with E-state index in [-0.39, 0.29) is 36.1 Å². The summed E-state index contributed by atoms with van der Waals surface area (Å²) in [6, 6.07) is 4.96. The van der Waals surface area contributed by atoms with Crippen molar-refractivity contribution >= 4 is 11.8 Å². The van der Waals surface area contributed by atoms with Crippen LogP contribution in [0.25, 0.3) is 0 Å². The van der Waals surface area contributed by atoms with Crippen LogP contribution in [0.2, 0.25) is 0 Å². The topological polar surface area (TPSA) is 78.4 Å². The Morgan fingerprint density at radius 1 is 1.35 bits per heavy atom. The van der Waals surface area contributed by atoms with Crippen LogP contribution in [0.5, 0.6) is 5.75 Å². The van der Waals surface area contributed by atoms with Crippen LogP contribution in [0, 0.1) is 6.92 Å². The zero-order valence-corrected chi connectivity index (χ0v) is 9.91. The molecular weight excluding hydrogens is 220 g/mol. The molecule has 0 heterocycles. The number of phenols is 1. The van der Waals surface area contributed by atoms with Gasteiger partial charge in [0.2, 0.25) is 5.91 Å². The molecule has 0 radical (unpaired) electrons. The SMILES string of the molecule is CNC(=O)CCNC(=O)c1cccc(C)c1O. The summed E-state index contributed by atoms with van der Waals surface area (Å²) in [6.45, 7) is 1.96. The summed E-state index contributed by atoms with van der Waals surface area (Å²) in [4.78, 5) is 22.6. The zero-order chi connectivity index (χ0) is 12.8. The highest BCUT2D eigenvalue weighted by Gasteiger charge is 2.11. The van der Waals surface area contributed by atoms with Gasteiger partial charge in [0.25, 0.3) is 5.91 Å². The van der Waals surface area contributed by atoms with E-state index in [4.69, 9.17) is 0 Å². The molecule has 2 amide bonds. The number of carbonyl (C=O) groups is 2. The molecule has 0 saturated carbocycles. The predicted octanol–water partition coefficient (Wildman–Crippen LogP) is 0.567. The summed E-state index contributed by atoms with van der Waals surface area (Å²) in [6.07, 6.45) is 0.217. The number of nitrogens with one attached hydrogen (secondary N) is 2. The standard InChI is InChI=1S/C12H16N2O3/c1-8-4-3-5-9(11(8)16)12(17)14-7-6-10(15)13-2/h3-5,16H,6-7H2,1-2H3,(H,13,15)(H,14,17). The number of hydrogen-bond acceptors (Lipinski definition) is 3. The number of para-hydroxylation sites is 1. The molecular formula is C12H16N2O3. The Kier molecular flexibility index (Phi) is 4.51. The first-order valence-electron chi connectivity index (χ1n) is 5.33. The van der Waals surface area contributed by atoms with Crippen molar-refractivity contribution in [1.82, 2.24) is 10.6 Å². The second kappa shape index (κ2) is 5.89. The van der Waals surface area contributed by atoms with E-state index in [0.717, 1.165) is 0 Å². The second-order valence-electron chi connectivity index (χ2n) is 3.65. The van der Waals surface area contributed by atoms with E-state index >= 15 is 0 Å². The molecule has 5 nitrogen and oxygen atoms in total. The largest absolute Gasteiger partial charge is 0.507 e. The van der Waals surface area contributed by atoms with Crippen LogP contribution >= 0.6 is 0 Å². The van der Waals surface area contributed by atoms with Gasteiger partial charge in [-0.2, -0.15) is 0 Å². The van der Waals surface area contributed by atoms with Crippen molar-refractivity contribution in [3.05, 3.63) is 29.3 Å². The normalized spacial score (nSPS) is 9.76. The third-order valence-corrected chi connectivity index (χ3v) is 2.40. The van der Waals surface area contributed by atoms with Crippen molar-refractivity contribution in [3.63, 3.8) is 0 Å². The third kappa shape index (κ3) is 3.48. The van der Waals surface area contributed by atoms with Gasteiger partial charge in [-0.1, -0.05) is 12.1 Å². The molecule has 0 aliphatic rings. The van der Waals surface area contributed by atoms with Crippen LogP contribution in [-0.4, -0.2) is 30.5 Å². The minimum Gasteiger partial charge on any atom is -0.507 e. The molecule has 0 aromatic heterocycles. The van der Waals surface area contributed by atoms with Crippen molar-refractivity contribution in [2.45, 2.75) is 13.3 Å². The van der Waals surface area contributed by atoms with E-state index in [1.165, 1.54) is 13.1 Å². The average molecular weight is 236 g/mol. The first-order chi connectivity index (χ1) is 8.06. The number of phenolic OH excluding ortho intramolecular Hbond substituents is 1. The number of amides is 2. The molecule has 0 aliphatic carbocycles. The van der Waals surface area contributed by atoms with E-state index in [0.29, 0.717) is 5.56 Å². The zero-order valence-electron chi connectivity index (χ0n) is 9.91. The van der Waals surface area contributed by atoms with E-state index < -0.39 is 0 Å². The van der Waals surface area contributed by atoms with Crippen molar-refractivity contribution in [2.75, 3.05) is 13.6 Å². The van der Waals surface area contributed by atoms with E-state index in [1.54, 1.807) is 19.1 Å². The number of aromatic hydroxyl groups is 1. The second-order valence-corrected chi connectivity index (χ2v) is 3.65. The molecule has 0 unspecified atom stereocenters. The van der Waals surface area contributed by atoms with Crippen LogP contribution in [0.4, 0.5) is 0 Å². The maximum atomic E-state index is 11.7. The van der Waals surface area contributed by atoms with Gasteiger partial charge >= 0.3 is 0 Å². The molecule has 5 heteroatoms. The van der Waals surface area contributed by atoms with Gasteiger partial charge in [0.15, 0.2) is 0 Å². The van der Waals surface area contributed by atoms with Gasteiger partial charge in [-0.25, -0.2) is 0 Å². The van der Waals surface area contributed by atoms with Crippen LogP contribution in [0.3, 0.4) is 0 Å². The van der Waals surface area contributed by atoms with Crippen molar-refractivity contribution in [3.8, 4) is 5.75 Å². The lowest BCUT2D eigenvalue weighted by molar-refractivity contribution is -0.120. The fraction of sp³-hybridized carbons (Fsp3) is 0.333. The molecule has 17 heavy (non-hydrogen) atoms. The van der Waals surface area contributed by atoms with E-state index in [2.05, 4.69) is 10.6 Å². The van der Waals surface area contributed by atoms with Gasteiger partial charge in [-0.05, 0) is 18.6 Å². The predicted molar refractivity (Wildman–Crippen MR) is 63.9 cm³/mol. The Labute approximate surface area is 99.8 Å². The van der Waals surface area contributed by atoms with E-state index in [9.17, 15) is 14.7 Å². The molecule has 0 fully saturated rings. The van der Waals surface area contributed by atoms with Crippen molar-refractivity contribution in [2.24, 2.45) is 0 Å². The van der Waals surface area contributed by atoms with E-state index in [1.807, 2.05) is 0 Å². The van der Waals surface area contributed by atoms with Gasteiger partial charge in [-0.3, -0.25) is 9.59 Å². The number of benzene rings is 1. The first-order valence-corrected chi connectivity index (χ1v) is 5.33.